The molecule has 2 heterocycles. The second-order valence-corrected chi connectivity index (χ2v) is 18.8. The number of hydrogen-bond donors (Lipinski definition) is 0. The van der Waals surface area contributed by atoms with Crippen LogP contribution in [0.5, 0.6) is 0 Å². The Balaban J connectivity index is 1.71. The van der Waals surface area contributed by atoms with E-state index < -0.39 is 0 Å². The first kappa shape index (κ1) is 35.4. The molecule has 0 aliphatic heterocycles. The molecule has 7 aromatic rings. The number of aromatic nitrogens is 2. The fraction of sp³-hybridized carbons (Fsp3) is 0.333. The first-order valence-electron chi connectivity index (χ1n) is 18.5. The molecule has 0 fully saturated rings. The predicted molar refractivity (Wildman–Crippen MR) is 222 cm³/mol. The number of para-hydroxylation sites is 2. The molecule has 52 heavy (non-hydrogen) atoms. The molecule has 0 spiro atoms. The number of hydrogen-bond acceptors (Lipinski definition) is 2. The van der Waals surface area contributed by atoms with Gasteiger partial charge in [0.05, 0.1) is 22.1 Å². The molecule has 0 atom stereocenters. The van der Waals surface area contributed by atoms with Gasteiger partial charge in [-0.1, -0.05) is 119 Å². The first-order chi connectivity index (χ1) is 24.1. The van der Waals surface area contributed by atoms with Crippen molar-refractivity contribution < 1.29 is 0 Å². The van der Waals surface area contributed by atoms with Crippen molar-refractivity contribution in [3.8, 4) is 11.4 Å². The number of nitrogens with zero attached hydrogens (tertiary/aromatic N) is 2. The van der Waals surface area contributed by atoms with Gasteiger partial charge in [0.15, 0.2) is 10.9 Å². The van der Waals surface area contributed by atoms with Gasteiger partial charge >= 0.3 is 0 Å². The minimum absolute atomic E-state index is 0.0437. The van der Waals surface area contributed by atoms with Crippen molar-refractivity contribution in [1.29, 1.82) is 0 Å². The molecule has 0 bridgehead atoms. The van der Waals surface area contributed by atoms with Gasteiger partial charge in [0.25, 0.3) is 0 Å². The van der Waals surface area contributed by atoms with E-state index in [1.54, 1.807) is 0 Å². The highest BCUT2D eigenvalue weighted by atomic mass is 16.1. The molecule has 0 amide bonds. The van der Waals surface area contributed by atoms with Crippen LogP contribution in [0.15, 0.2) is 107 Å². The van der Waals surface area contributed by atoms with Crippen LogP contribution in [0.4, 0.5) is 0 Å². The van der Waals surface area contributed by atoms with Gasteiger partial charge < -0.3 is 9.13 Å². The SMILES string of the molecule is CC(C)(C)c1cc(-n2c3ccccc3c(=O)c3cc4c(cc32)c(=O)c2ccccc2n4-c2cc(C(C)(C)C)cc(C(C)(C)C)c2)cc(C(C)(C)C)c1. The molecule has 0 N–H and O–H groups in total. The molecule has 0 saturated heterocycles. The lowest BCUT2D eigenvalue weighted by atomic mass is 9.80. The van der Waals surface area contributed by atoms with Gasteiger partial charge in [0.1, 0.15) is 0 Å². The minimum Gasteiger partial charge on any atom is -0.309 e. The Morgan fingerprint density at radius 1 is 0.346 bits per heavy atom. The topological polar surface area (TPSA) is 44.0 Å². The zero-order chi connectivity index (χ0) is 37.7. The first-order valence-corrected chi connectivity index (χ1v) is 18.5. The third kappa shape index (κ3) is 5.96. The van der Waals surface area contributed by atoms with E-state index in [1.807, 2.05) is 60.7 Å². The van der Waals surface area contributed by atoms with E-state index in [1.165, 1.54) is 22.3 Å². The van der Waals surface area contributed by atoms with E-state index in [4.69, 9.17) is 0 Å². The van der Waals surface area contributed by atoms with Gasteiger partial charge in [-0.05, 0) is 105 Å². The van der Waals surface area contributed by atoms with Crippen LogP contribution in [-0.2, 0) is 21.7 Å². The van der Waals surface area contributed by atoms with Crippen molar-refractivity contribution in [2.45, 2.75) is 105 Å². The fourth-order valence-corrected chi connectivity index (χ4v) is 7.35. The lowest BCUT2D eigenvalue weighted by molar-refractivity contribution is 0.567. The minimum atomic E-state index is -0.104. The summed E-state index contributed by atoms with van der Waals surface area (Å²) in [5, 5.41) is 2.45. The summed E-state index contributed by atoms with van der Waals surface area (Å²) in [5.74, 6) is 0. The van der Waals surface area contributed by atoms with E-state index in [9.17, 15) is 9.59 Å². The Morgan fingerprint density at radius 3 is 0.923 bits per heavy atom. The number of rotatable bonds is 2. The van der Waals surface area contributed by atoms with Crippen molar-refractivity contribution in [3.05, 3.63) is 140 Å². The molecule has 7 rings (SSSR count). The predicted octanol–water partition coefficient (Wildman–Crippen LogP) is 11.8. The van der Waals surface area contributed by atoms with E-state index in [-0.39, 0.29) is 32.5 Å². The molecule has 4 heteroatoms. The highest BCUT2D eigenvalue weighted by molar-refractivity contribution is 6.05. The Labute approximate surface area is 307 Å². The number of benzene rings is 5. The van der Waals surface area contributed by atoms with Gasteiger partial charge in [-0.2, -0.15) is 0 Å². The molecule has 4 nitrogen and oxygen atoms in total. The maximum absolute atomic E-state index is 14.6. The lowest BCUT2D eigenvalue weighted by Crippen LogP contribution is -2.19. The highest BCUT2D eigenvalue weighted by Crippen LogP contribution is 2.37. The second kappa shape index (κ2) is 11.8. The Morgan fingerprint density at radius 2 is 0.635 bits per heavy atom. The summed E-state index contributed by atoms with van der Waals surface area (Å²) >= 11 is 0. The van der Waals surface area contributed by atoms with Crippen molar-refractivity contribution in [2.24, 2.45) is 0 Å². The highest BCUT2D eigenvalue weighted by Gasteiger charge is 2.25. The molecular formula is C48H52N2O2. The van der Waals surface area contributed by atoms with Crippen LogP contribution in [0.3, 0.4) is 0 Å². The van der Waals surface area contributed by atoms with E-state index >= 15 is 0 Å². The normalized spacial score (nSPS) is 13.2. The van der Waals surface area contributed by atoms with Gasteiger partial charge in [-0.15, -0.1) is 0 Å². The van der Waals surface area contributed by atoms with Crippen molar-refractivity contribution in [3.63, 3.8) is 0 Å². The van der Waals surface area contributed by atoms with Crippen LogP contribution in [0.2, 0.25) is 0 Å². The summed E-state index contributed by atoms with van der Waals surface area (Å²) in [7, 11) is 0. The number of fused-ring (bicyclic) bond motifs is 4. The zero-order valence-electron chi connectivity index (χ0n) is 32.9. The number of pyridine rings is 2. The molecule has 5 aromatic carbocycles. The van der Waals surface area contributed by atoms with E-state index in [0.717, 1.165) is 33.4 Å². The van der Waals surface area contributed by atoms with Crippen LogP contribution in [0.25, 0.3) is 55.0 Å². The fourth-order valence-electron chi connectivity index (χ4n) is 7.35. The molecule has 266 valence electrons. The summed E-state index contributed by atoms with van der Waals surface area (Å²) in [4.78, 5) is 29.3. The standard InChI is InChI=1S/C48H52N2O2/c1-45(2,3)29-21-30(46(4,5)6)24-33(23-29)49-39-19-15-13-17-35(39)43(51)37-28-42-38(27-41(37)49)44(52)36-18-14-16-20-40(36)50(42)34-25-31(47(7,8)9)22-32(26-34)48(10,11)12/h13-28H,1-12H3. The van der Waals surface area contributed by atoms with Gasteiger partial charge in [0, 0.05) is 32.9 Å². The third-order valence-corrected chi connectivity index (χ3v) is 10.7. The van der Waals surface area contributed by atoms with Gasteiger partial charge in [0.2, 0.25) is 0 Å². The summed E-state index contributed by atoms with van der Waals surface area (Å²) < 4.78 is 4.40. The largest absolute Gasteiger partial charge is 0.309 e. The van der Waals surface area contributed by atoms with Gasteiger partial charge in [-0.25, -0.2) is 0 Å². The van der Waals surface area contributed by atoms with Crippen LogP contribution < -0.4 is 10.9 Å². The van der Waals surface area contributed by atoms with E-state index in [0.29, 0.717) is 21.5 Å². The van der Waals surface area contributed by atoms with Crippen molar-refractivity contribution in [1.82, 2.24) is 9.13 Å². The third-order valence-electron chi connectivity index (χ3n) is 10.7. The van der Waals surface area contributed by atoms with Crippen molar-refractivity contribution >= 4 is 43.6 Å². The maximum Gasteiger partial charge on any atom is 0.197 e. The summed E-state index contributed by atoms with van der Waals surface area (Å²) in [6, 6.07) is 33.3. The lowest BCUT2D eigenvalue weighted by Gasteiger charge is -2.28. The van der Waals surface area contributed by atoms with E-state index in [2.05, 4.69) is 129 Å². The zero-order valence-corrected chi connectivity index (χ0v) is 32.9. The Kier molecular flexibility index (Phi) is 8.03. The Hall–Kier alpha value is -4.96. The molecule has 0 unspecified atom stereocenters. The van der Waals surface area contributed by atoms with Crippen LogP contribution in [-0.4, -0.2) is 9.13 Å². The molecule has 0 saturated carbocycles. The average molecular weight is 689 g/mol. The molecule has 0 radical (unpaired) electrons. The monoisotopic (exact) mass is 688 g/mol. The summed E-state index contributed by atoms with van der Waals surface area (Å²) in [6.07, 6.45) is 0. The maximum atomic E-state index is 14.6. The van der Waals surface area contributed by atoms with Crippen LogP contribution in [0, 0.1) is 0 Å². The molecular weight excluding hydrogens is 637 g/mol. The average Bonchev–Trinajstić information content (AvgIpc) is 3.06. The summed E-state index contributed by atoms with van der Waals surface area (Å²) in [6.45, 7) is 26.8. The molecule has 0 aliphatic rings. The van der Waals surface area contributed by atoms with Gasteiger partial charge in [-0.3, -0.25) is 9.59 Å². The smallest absolute Gasteiger partial charge is 0.197 e. The Bertz CT molecular complexity index is 2440. The quantitative estimate of drug-likeness (QED) is 0.170. The van der Waals surface area contributed by atoms with Crippen molar-refractivity contribution in [2.75, 3.05) is 0 Å². The summed E-state index contributed by atoms with van der Waals surface area (Å²) in [5.41, 5.74) is 9.40. The molecule has 2 aromatic heterocycles. The van der Waals surface area contributed by atoms with Crippen LogP contribution in [0.1, 0.15) is 105 Å². The second-order valence-electron chi connectivity index (χ2n) is 18.8. The molecule has 0 aliphatic carbocycles. The van der Waals surface area contributed by atoms with Crippen LogP contribution >= 0.6 is 0 Å².